The summed E-state index contributed by atoms with van der Waals surface area (Å²) >= 11 is 0. The van der Waals surface area contributed by atoms with Crippen molar-refractivity contribution >= 4 is 18.0 Å². The van der Waals surface area contributed by atoms with Crippen molar-refractivity contribution in [2.45, 2.75) is 51.0 Å². The highest BCUT2D eigenvalue weighted by molar-refractivity contribution is 5.94. The van der Waals surface area contributed by atoms with E-state index in [1.165, 1.54) is 20.1 Å². The Morgan fingerprint density at radius 3 is 2.41 bits per heavy atom. The van der Waals surface area contributed by atoms with Gasteiger partial charge in [-0.1, -0.05) is 36.4 Å². The van der Waals surface area contributed by atoms with Crippen molar-refractivity contribution in [1.82, 2.24) is 0 Å². The Bertz CT molecular complexity index is 1030. The first-order valence-electron chi connectivity index (χ1n) is 10.7. The number of aliphatic hydroxyl groups is 2. The zero-order valence-corrected chi connectivity index (χ0v) is 19.1. The molecule has 0 saturated carbocycles. The monoisotopic (exact) mass is 472 g/mol. The summed E-state index contributed by atoms with van der Waals surface area (Å²) in [4.78, 5) is 24.8. The minimum absolute atomic E-state index is 0.0540. The summed E-state index contributed by atoms with van der Waals surface area (Å²) in [6.07, 6.45) is -4.79. The minimum Gasteiger partial charge on any atom is -0.504 e. The molecule has 182 valence electrons. The molecule has 1 fully saturated rings. The van der Waals surface area contributed by atoms with Gasteiger partial charge in [-0.25, -0.2) is 4.79 Å². The van der Waals surface area contributed by atoms with E-state index in [2.05, 4.69) is 0 Å². The molecular weight excluding hydrogens is 444 g/mol. The lowest BCUT2D eigenvalue weighted by Crippen LogP contribution is -2.59. The number of carbonyl (C=O) groups excluding carboxylic acids is 2. The number of rotatable bonds is 7. The first-order valence-corrected chi connectivity index (χ1v) is 10.7. The number of ether oxygens (including phenoxy) is 4. The number of aliphatic hydroxyl groups excluding tert-OH is 2. The van der Waals surface area contributed by atoms with Gasteiger partial charge >= 0.3 is 11.9 Å². The fourth-order valence-electron chi connectivity index (χ4n) is 3.64. The lowest BCUT2D eigenvalue weighted by atomic mass is 9.98. The smallest absolute Gasteiger partial charge is 0.334 e. The van der Waals surface area contributed by atoms with Crippen LogP contribution in [0.4, 0.5) is 0 Å². The highest BCUT2D eigenvalue weighted by Crippen LogP contribution is 2.29. The molecule has 2 aromatic carbocycles. The lowest BCUT2D eigenvalue weighted by Gasteiger charge is -2.40. The fraction of sp³-hybridized carbons (Fsp3) is 0.360. The fourth-order valence-corrected chi connectivity index (χ4v) is 3.64. The van der Waals surface area contributed by atoms with E-state index < -0.39 is 42.6 Å². The van der Waals surface area contributed by atoms with E-state index in [0.29, 0.717) is 5.56 Å². The molecule has 0 aliphatic carbocycles. The molecule has 0 unspecified atom stereocenters. The van der Waals surface area contributed by atoms with Gasteiger partial charge in [0.2, 0.25) is 0 Å². The van der Waals surface area contributed by atoms with Crippen molar-refractivity contribution in [3.05, 3.63) is 65.2 Å². The SMILES string of the molecule is COc1cc(/C=C(\Cc2ccccc2)C(=O)O[C@@H]2[C@H](OC(C)=O)[C@@H](O)[C@H](C)O[C@H]2O)ccc1O. The van der Waals surface area contributed by atoms with Gasteiger partial charge in [-0.15, -0.1) is 0 Å². The molecule has 0 spiro atoms. The molecule has 0 radical (unpaired) electrons. The summed E-state index contributed by atoms with van der Waals surface area (Å²) < 4.78 is 21.1. The predicted molar refractivity (Wildman–Crippen MR) is 121 cm³/mol. The van der Waals surface area contributed by atoms with E-state index >= 15 is 0 Å². The molecule has 3 rings (SSSR count). The molecule has 0 amide bonds. The van der Waals surface area contributed by atoms with E-state index in [0.717, 1.165) is 12.5 Å². The number of hydrogen-bond acceptors (Lipinski definition) is 9. The number of phenolic OH excluding ortho intramolecular Hbond substituents is 1. The van der Waals surface area contributed by atoms with Crippen LogP contribution in [0, 0.1) is 0 Å². The van der Waals surface area contributed by atoms with E-state index in [1.807, 2.05) is 30.3 Å². The van der Waals surface area contributed by atoms with Crippen molar-refractivity contribution in [1.29, 1.82) is 0 Å². The predicted octanol–water partition coefficient (Wildman–Crippen LogP) is 1.97. The molecule has 34 heavy (non-hydrogen) atoms. The largest absolute Gasteiger partial charge is 0.504 e. The minimum atomic E-state index is -1.61. The van der Waals surface area contributed by atoms with Crippen LogP contribution in [0.1, 0.15) is 25.0 Å². The van der Waals surface area contributed by atoms with Gasteiger partial charge in [0, 0.05) is 18.9 Å². The maximum Gasteiger partial charge on any atom is 0.334 e. The zero-order chi connectivity index (χ0) is 24.8. The maximum atomic E-state index is 13.2. The lowest BCUT2D eigenvalue weighted by molar-refractivity contribution is -0.284. The van der Waals surface area contributed by atoms with Gasteiger partial charge in [0.05, 0.1) is 13.2 Å². The Morgan fingerprint density at radius 1 is 1.06 bits per heavy atom. The Kier molecular flexibility index (Phi) is 8.27. The van der Waals surface area contributed by atoms with Crippen molar-refractivity contribution in [2.75, 3.05) is 7.11 Å². The number of benzene rings is 2. The van der Waals surface area contributed by atoms with Crippen molar-refractivity contribution in [3.8, 4) is 11.5 Å². The summed E-state index contributed by atoms with van der Waals surface area (Å²) in [7, 11) is 1.41. The third-order valence-corrected chi connectivity index (χ3v) is 5.37. The molecule has 5 atom stereocenters. The number of esters is 2. The highest BCUT2D eigenvalue weighted by atomic mass is 16.7. The molecule has 3 N–H and O–H groups in total. The van der Waals surface area contributed by atoms with E-state index in [1.54, 1.807) is 18.2 Å². The first kappa shape index (κ1) is 25.2. The molecule has 0 bridgehead atoms. The Morgan fingerprint density at radius 2 is 1.76 bits per heavy atom. The third kappa shape index (κ3) is 6.13. The number of carbonyl (C=O) groups is 2. The molecular formula is C25H28O9. The number of hydrogen-bond donors (Lipinski definition) is 3. The van der Waals surface area contributed by atoms with Crippen LogP contribution in [0.3, 0.4) is 0 Å². The number of methoxy groups -OCH3 is 1. The highest BCUT2D eigenvalue weighted by Gasteiger charge is 2.47. The van der Waals surface area contributed by atoms with Crippen LogP contribution < -0.4 is 4.74 Å². The van der Waals surface area contributed by atoms with Crippen molar-refractivity contribution in [3.63, 3.8) is 0 Å². The number of phenols is 1. The van der Waals surface area contributed by atoms with Gasteiger partial charge < -0.3 is 34.3 Å². The average Bonchev–Trinajstić information content (AvgIpc) is 2.80. The van der Waals surface area contributed by atoms with Crippen molar-refractivity contribution < 1.29 is 43.9 Å². The summed E-state index contributed by atoms with van der Waals surface area (Å²) in [5, 5.41) is 30.7. The number of aromatic hydroxyl groups is 1. The average molecular weight is 472 g/mol. The van der Waals surface area contributed by atoms with Crippen molar-refractivity contribution in [2.24, 2.45) is 0 Å². The Balaban J connectivity index is 1.93. The molecule has 1 aliphatic heterocycles. The topological polar surface area (TPSA) is 132 Å². The van der Waals surface area contributed by atoms with Crippen LogP contribution in [0.5, 0.6) is 11.5 Å². The van der Waals surface area contributed by atoms with Gasteiger partial charge in [0.15, 0.2) is 30.0 Å². The molecule has 2 aromatic rings. The molecule has 1 heterocycles. The van der Waals surface area contributed by atoms with E-state index in [-0.39, 0.29) is 23.5 Å². The second-order valence-corrected chi connectivity index (χ2v) is 7.93. The van der Waals surface area contributed by atoms with Gasteiger partial charge in [-0.3, -0.25) is 4.79 Å². The molecule has 1 aliphatic rings. The standard InChI is InChI=1S/C25H28O9/c1-14-21(28)22(33-15(2)26)23(25(30)32-14)34-24(29)18(11-16-7-5-4-6-8-16)12-17-9-10-19(27)20(13-17)31-3/h4-10,12-14,21-23,25,27-28,30H,11H2,1-3H3/b18-12+/t14-,21-,22+,23+,25+/m0/s1. The first-order chi connectivity index (χ1) is 16.2. The Hall–Kier alpha value is -3.40. The molecule has 1 saturated heterocycles. The maximum absolute atomic E-state index is 13.2. The summed E-state index contributed by atoms with van der Waals surface area (Å²) in [5.41, 5.74) is 1.59. The van der Waals surface area contributed by atoms with Crippen LogP contribution in [0.25, 0.3) is 6.08 Å². The van der Waals surface area contributed by atoms with Crippen LogP contribution in [0.2, 0.25) is 0 Å². The van der Waals surface area contributed by atoms with Gasteiger partial charge in [0.1, 0.15) is 6.10 Å². The van der Waals surface area contributed by atoms with Crippen LogP contribution in [-0.4, -0.2) is 65.1 Å². The molecule has 9 heteroatoms. The van der Waals surface area contributed by atoms with Gasteiger partial charge in [0.25, 0.3) is 0 Å². The Labute approximate surface area is 197 Å². The quantitative estimate of drug-likeness (QED) is 0.409. The van der Waals surface area contributed by atoms with Crippen LogP contribution in [0.15, 0.2) is 54.1 Å². The second-order valence-electron chi connectivity index (χ2n) is 7.93. The summed E-state index contributed by atoms with van der Waals surface area (Å²) in [5.74, 6) is -1.34. The molecule has 0 aromatic heterocycles. The normalized spacial score (nSPS) is 24.9. The molecule has 9 nitrogen and oxygen atoms in total. The van der Waals surface area contributed by atoms with E-state index in [9.17, 15) is 24.9 Å². The van der Waals surface area contributed by atoms with Gasteiger partial charge in [-0.2, -0.15) is 0 Å². The summed E-state index contributed by atoms with van der Waals surface area (Å²) in [6, 6.07) is 13.8. The van der Waals surface area contributed by atoms with Gasteiger partial charge in [-0.05, 0) is 36.3 Å². The third-order valence-electron chi connectivity index (χ3n) is 5.37. The second kappa shape index (κ2) is 11.1. The summed E-state index contributed by atoms with van der Waals surface area (Å²) in [6.45, 7) is 2.65. The van der Waals surface area contributed by atoms with Crippen LogP contribution >= 0.6 is 0 Å². The van der Waals surface area contributed by atoms with Crippen LogP contribution in [-0.2, 0) is 30.2 Å². The van der Waals surface area contributed by atoms with E-state index in [4.69, 9.17) is 18.9 Å². The zero-order valence-electron chi connectivity index (χ0n) is 19.1.